The molecule has 68 heavy (non-hydrogen) atoms. The van der Waals surface area contributed by atoms with E-state index in [1.165, 1.54) is 22.3 Å². The highest BCUT2D eigenvalue weighted by Crippen LogP contribution is 2.45. The van der Waals surface area contributed by atoms with E-state index in [0.717, 1.165) is 83.6 Å². The molecular formula is C64H57N3O. The van der Waals surface area contributed by atoms with Gasteiger partial charge in [0.1, 0.15) is 11.6 Å². The summed E-state index contributed by atoms with van der Waals surface area (Å²) in [5.41, 5.74) is 20.4. The van der Waals surface area contributed by atoms with Crippen LogP contribution in [0.5, 0.6) is 5.75 Å². The Kier molecular flexibility index (Phi) is 11.3. The largest absolute Gasteiger partial charge is 0.507 e. The van der Waals surface area contributed by atoms with E-state index in [0.29, 0.717) is 11.4 Å². The molecule has 0 unspecified atom stereocenters. The van der Waals surface area contributed by atoms with Crippen molar-refractivity contribution in [1.82, 2.24) is 14.5 Å². The fourth-order valence-corrected chi connectivity index (χ4v) is 9.45. The van der Waals surface area contributed by atoms with Gasteiger partial charge in [0.05, 0.1) is 22.3 Å². The average Bonchev–Trinajstić information content (AvgIpc) is 3.74. The fraction of sp³-hybridized carbons (Fsp3) is 0.156. The van der Waals surface area contributed by atoms with Crippen molar-refractivity contribution in [2.45, 2.75) is 66.2 Å². The molecule has 0 fully saturated rings. The lowest BCUT2D eigenvalue weighted by molar-refractivity contribution is 0.446. The molecular weight excluding hydrogens is 827 g/mol. The summed E-state index contributed by atoms with van der Waals surface area (Å²) in [4.78, 5) is 10.7. The van der Waals surface area contributed by atoms with Crippen LogP contribution in [0.1, 0.15) is 63.8 Å². The molecule has 10 aromatic rings. The molecule has 0 atom stereocenters. The van der Waals surface area contributed by atoms with Crippen molar-refractivity contribution in [3.63, 3.8) is 0 Å². The number of aryl methyl sites for hydroxylation is 1. The molecule has 0 bridgehead atoms. The Labute approximate surface area is 401 Å². The van der Waals surface area contributed by atoms with Gasteiger partial charge in [0.2, 0.25) is 0 Å². The Balaban J connectivity index is 1.21. The summed E-state index contributed by atoms with van der Waals surface area (Å²) < 4.78 is 2.27. The smallest absolute Gasteiger partial charge is 0.149 e. The van der Waals surface area contributed by atoms with Gasteiger partial charge >= 0.3 is 0 Å². The van der Waals surface area contributed by atoms with Crippen LogP contribution < -0.4 is 0 Å². The topological polar surface area (TPSA) is 50.9 Å². The highest BCUT2D eigenvalue weighted by atomic mass is 16.3. The monoisotopic (exact) mass is 883 g/mol. The molecule has 4 nitrogen and oxygen atoms in total. The number of imidazole rings is 1. The van der Waals surface area contributed by atoms with Gasteiger partial charge in [0.15, 0.2) is 0 Å². The molecule has 2 heterocycles. The fourth-order valence-electron chi connectivity index (χ4n) is 9.45. The van der Waals surface area contributed by atoms with E-state index in [-0.39, 0.29) is 16.6 Å². The minimum Gasteiger partial charge on any atom is -0.507 e. The average molecular weight is 884 g/mol. The van der Waals surface area contributed by atoms with Crippen molar-refractivity contribution in [2.24, 2.45) is 0 Å². The summed E-state index contributed by atoms with van der Waals surface area (Å²) in [5, 5.41) is 12.5. The lowest BCUT2D eigenvalue weighted by atomic mass is 9.79. The van der Waals surface area contributed by atoms with E-state index in [1.807, 2.05) is 12.3 Å². The number of nitrogens with zero attached hydrogens (tertiary/aromatic N) is 3. The first-order valence-electron chi connectivity index (χ1n) is 23.6. The number of aromatic hydroxyl groups is 1. The van der Waals surface area contributed by atoms with Gasteiger partial charge in [-0.1, -0.05) is 175 Å². The SMILES string of the molecule is Cc1cc(-n2c(-c3cc(C(C)(C)C)cc(C(C)(C)C)c3O)nc3c(-c4cc(-c5ccccc5)cc(-c5cc(-c6ccc(-c7ccccc7)cc6)ccn5)c4)cccc32)cc(-c2ccccc2)c1C. The minimum absolute atomic E-state index is 0.184. The van der Waals surface area contributed by atoms with Crippen LogP contribution in [0.15, 0.2) is 194 Å². The van der Waals surface area contributed by atoms with Gasteiger partial charge in [0, 0.05) is 28.6 Å². The van der Waals surface area contributed by atoms with Crippen molar-refractivity contribution in [1.29, 1.82) is 0 Å². The number of hydrogen-bond acceptors (Lipinski definition) is 3. The van der Waals surface area contributed by atoms with Crippen molar-refractivity contribution in [2.75, 3.05) is 0 Å². The number of benzene rings is 8. The van der Waals surface area contributed by atoms with Gasteiger partial charge in [-0.05, 0) is 146 Å². The number of pyridine rings is 1. The van der Waals surface area contributed by atoms with E-state index in [1.54, 1.807) is 0 Å². The maximum absolute atomic E-state index is 12.5. The molecule has 8 aromatic carbocycles. The molecule has 0 saturated heterocycles. The van der Waals surface area contributed by atoms with E-state index < -0.39 is 0 Å². The second-order valence-corrected chi connectivity index (χ2v) is 20.2. The molecule has 4 heteroatoms. The van der Waals surface area contributed by atoms with Crippen LogP contribution in [0.25, 0.3) is 95.0 Å². The molecule has 0 aliphatic carbocycles. The number of phenols is 1. The third-order valence-electron chi connectivity index (χ3n) is 13.4. The van der Waals surface area contributed by atoms with Crippen LogP contribution in [0.2, 0.25) is 0 Å². The molecule has 0 saturated carbocycles. The normalized spacial score (nSPS) is 11.9. The quantitative estimate of drug-likeness (QED) is 0.165. The summed E-state index contributed by atoms with van der Waals surface area (Å²) in [6.07, 6.45) is 1.91. The Hall–Kier alpha value is -7.82. The molecule has 1 N–H and O–H groups in total. The minimum atomic E-state index is -0.325. The number of hydrogen-bond donors (Lipinski definition) is 1. The van der Waals surface area contributed by atoms with Crippen LogP contribution in [0.3, 0.4) is 0 Å². The Morgan fingerprint density at radius 1 is 0.441 bits per heavy atom. The first-order valence-corrected chi connectivity index (χ1v) is 23.6. The molecule has 0 radical (unpaired) electrons. The van der Waals surface area contributed by atoms with Gasteiger partial charge in [0.25, 0.3) is 0 Å². The summed E-state index contributed by atoms with van der Waals surface area (Å²) in [6, 6.07) is 66.8. The maximum Gasteiger partial charge on any atom is 0.149 e. The number of phenolic OH excluding ortho intramolecular Hbond substituents is 1. The van der Waals surface area contributed by atoms with Crippen LogP contribution in [-0.2, 0) is 10.8 Å². The van der Waals surface area contributed by atoms with E-state index in [9.17, 15) is 5.11 Å². The molecule has 334 valence electrons. The van der Waals surface area contributed by atoms with Crippen molar-refractivity contribution in [3.8, 4) is 89.7 Å². The number of para-hydroxylation sites is 1. The van der Waals surface area contributed by atoms with Crippen LogP contribution in [0, 0.1) is 13.8 Å². The molecule has 0 spiro atoms. The van der Waals surface area contributed by atoms with Crippen molar-refractivity contribution >= 4 is 11.0 Å². The molecule has 2 aromatic heterocycles. The third-order valence-corrected chi connectivity index (χ3v) is 13.4. The first kappa shape index (κ1) is 44.0. The molecule has 0 aliphatic rings. The summed E-state index contributed by atoms with van der Waals surface area (Å²) in [6.45, 7) is 17.6. The molecule has 0 aliphatic heterocycles. The van der Waals surface area contributed by atoms with Crippen LogP contribution in [0.4, 0.5) is 0 Å². The zero-order chi connectivity index (χ0) is 47.3. The molecule has 0 amide bonds. The lowest BCUT2D eigenvalue weighted by Gasteiger charge is -2.27. The summed E-state index contributed by atoms with van der Waals surface area (Å²) in [7, 11) is 0. The highest BCUT2D eigenvalue weighted by molar-refractivity contribution is 5.98. The second-order valence-electron chi connectivity index (χ2n) is 20.2. The van der Waals surface area contributed by atoms with Gasteiger partial charge in [-0.3, -0.25) is 9.55 Å². The van der Waals surface area contributed by atoms with E-state index in [4.69, 9.17) is 9.97 Å². The van der Waals surface area contributed by atoms with E-state index in [2.05, 4.69) is 242 Å². The predicted molar refractivity (Wildman–Crippen MR) is 285 cm³/mol. The Morgan fingerprint density at radius 3 is 1.65 bits per heavy atom. The summed E-state index contributed by atoms with van der Waals surface area (Å²) in [5.74, 6) is 0.945. The standard InChI is InChI=1S/C64H57N3O/c1-41-33-53(40-55(42(41)2)47-23-16-11-17-24-47)67-59-26-18-25-54(60(59)66-62(67)56-38-52(63(3,4)5)39-57(61(56)68)64(6,7)8)50-34-49(44-21-14-10-15-22-44)35-51(36-50)58-37-48(31-32-65-58)46-29-27-45(28-30-46)43-19-12-9-13-20-43/h9-40,68H,1-8H3. The number of rotatable bonds is 8. The molecule has 10 rings (SSSR count). The van der Waals surface area contributed by atoms with Crippen molar-refractivity contribution < 1.29 is 5.11 Å². The highest BCUT2D eigenvalue weighted by Gasteiger charge is 2.29. The number of aromatic nitrogens is 3. The zero-order valence-corrected chi connectivity index (χ0v) is 40.3. The third kappa shape index (κ3) is 8.43. The van der Waals surface area contributed by atoms with Gasteiger partial charge in [-0.15, -0.1) is 0 Å². The maximum atomic E-state index is 12.5. The Morgan fingerprint density at radius 2 is 1.01 bits per heavy atom. The van der Waals surface area contributed by atoms with Gasteiger partial charge < -0.3 is 5.11 Å². The zero-order valence-electron chi connectivity index (χ0n) is 40.3. The number of fused-ring (bicyclic) bond motifs is 1. The van der Waals surface area contributed by atoms with E-state index >= 15 is 0 Å². The predicted octanol–water partition coefficient (Wildman–Crippen LogP) is 17.0. The van der Waals surface area contributed by atoms with Crippen molar-refractivity contribution in [3.05, 3.63) is 217 Å². The second kappa shape index (κ2) is 17.4. The Bertz CT molecular complexity index is 3460. The van der Waals surface area contributed by atoms with Gasteiger partial charge in [-0.25, -0.2) is 4.98 Å². The first-order chi connectivity index (χ1) is 32.7. The van der Waals surface area contributed by atoms with Crippen LogP contribution in [-0.4, -0.2) is 19.6 Å². The lowest BCUT2D eigenvalue weighted by Crippen LogP contribution is -2.17. The van der Waals surface area contributed by atoms with Crippen LogP contribution >= 0.6 is 0 Å². The summed E-state index contributed by atoms with van der Waals surface area (Å²) >= 11 is 0. The van der Waals surface area contributed by atoms with Gasteiger partial charge in [-0.2, -0.15) is 0 Å².